The highest BCUT2D eigenvalue weighted by atomic mass is 16.5. The van der Waals surface area contributed by atoms with E-state index in [-0.39, 0.29) is 5.91 Å². The Morgan fingerprint density at radius 2 is 1.56 bits per heavy atom. The minimum atomic E-state index is -0.381. The van der Waals surface area contributed by atoms with E-state index in [9.17, 15) is 4.79 Å². The number of hydrogen-bond donors (Lipinski definition) is 1. The van der Waals surface area contributed by atoms with E-state index in [0.29, 0.717) is 34.1 Å². The third-order valence-corrected chi connectivity index (χ3v) is 3.46. The summed E-state index contributed by atoms with van der Waals surface area (Å²) in [4.78, 5) is 12.2. The normalized spacial score (nSPS) is 10.4. The van der Waals surface area contributed by atoms with Crippen LogP contribution in [0.1, 0.15) is 15.9 Å². The molecule has 2 rings (SSSR count). The Balaban J connectivity index is 2.21. The van der Waals surface area contributed by atoms with Crippen LogP contribution in [0.2, 0.25) is 0 Å². The molecule has 2 aromatic rings. The first-order valence-electron chi connectivity index (χ1n) is 7.41. The third-order valence-electron chi connectivity index (χ3n) is 3.46. The van der Waals surface area contributed by atoms with Gasteiger partial charge in [0.1, 0.15) is 5.75 Å². The lowest BCUT2D eigenvalue weighted by molar-refractivity contribution is 0.0952. The maximum atomic E-state index is 12.2. The number of nitrogens with zero attached hydrogens (tertiary/aromatic N) is 1. The number of carbonyl (C=O) groups excluding carboxylic acids is 1. The number of rotatable bonds is 7. The van der Waals surface area contributed by atoms with Gasteiger partial charge in [-0.25, -0.2) is 5.43 Å². The smallest absolute Gasteiger partial charge is 0.275 e. The van der Waals surface area contributed by atoms with Gasteiger partial charge in [0.05, 0.1) is 40.2 Å². The summed E-state index contributed by atoms with van der Waals surface area (Å²) in [6, 6.07) is 10.4. The second kappa shape index (κ2) is 8.58. The molecule has 0 aromatic heterocycles. The molecule has 0 heterocycles. The number of benzene rings is 2. The van der Waals surface area contributed by atoms with E-state index < -0.39 is 0 Å². The molecule has 132 valence electrons. The molecule has 0 aliphatic rings. The van der Waals surface area contributed by atoms with Crippen molar-refractivity contribution < 1.29 is 23.7 Å². The number of hydrazone groups is 1. The fourth-order valence-electron chi connectivity index (χ4n) is 2.28. The third kappa shape index (κ3) is 4.00. The fraction of sp³-hybridized carbons (Fsp3) is 0.222. The van der Waals surface area contributed by atoms with Crippen molar-refractivity contribution in [1.29, 1.82) is 0 Å². The lowest BCUT2D eigenvalue weighted by Gasteiger charge is -2.13. The van der Waals surface area contributed by atoms with Crippen LogP contribution in [-0.2, 0) is 0 Å². The van der Waals surface area contributed by atoms with Gasteiger partial charge in [0.15, 0.2) is 11.5 Å². The SMILES string of the molecule is COc1ccccc1C(=O)N/N=C/c1ccc(OC)c(OC)c1OC. The number of carbonyl (C=O) groups is 1. The average Bonchev–Trinajstić information content (AvgIpc) is 2.66. The van der Waals surface area contributed by atoms with Crippen LogP contribution in [0.3, 0.4) is 0 Å². The molecule has 7 heteroatoms. The number of amides is 1. The molecule has 0 unspecified atom stereocenters. The first-order valence-corrected chi connectivity index (χ1v) is 7.41. The summed E-state index contributed by atoms with van der Waals surface area (Å²) < 4.78 is 21.1. The van der Waals surface area contributed by atoms with Crippen LogP contribution in [0.15, 0.2) is 41.5 Å². The minimum Gasteiger partial charge on any atom is -0.496 e. The van der Waals surface area contributed by atoms with Crippen molar-refractivity contribution in [2.45, 2.75) is 0 Å². The van der Waals surface area contributed by atoms with Crippen LogP contribution in [0.5, 0.6) is 23.0 Å². The molecule has 0 aliphatic heterocycles. The molecule has 0 saturated heterocycles. The molecule has 0 aliphatic carbocycles. The minimum absolute atomic E-state index is 0.381. The molecule has 0 saturated carbocycles. The van der Waals surface area contributed by atoms with Crippen LogP contribution in [0.25, 0.3) is 0 Å². The number of methoxy groups -OCH3 is 4. The summed E-state index contributed by atoms with van der Waals surface area (Å²) in [5.41, 5.74) is 3.48. The summed E-state index contributed by atoms with van der Waals surface area (Å²) >= 11 is 0. The summed E-state index contributed by atoms with van der Waals surface area (Å²) in [5.74, 6) is 1.53. The summed E-state index contributed by atoms with van der Waals surface area (Å²) in [6.07, 6.45) is 1.47. The molecule has 0 spiro atoms. The van der Waals surface area contributed by atoms with Crippen LogP contribution in [0.4, 0.5) is 0 Å². The van der Waals surface area contributed by atoms with Crippen molar-refractivity contribution in [1.82, 2.24) is 5.43 Å². The lowest BCUT2D eigenvalue weighted by atomic mass is 10.2. The topological polar surface area (TPSA) is 78.4 Å². The van der Waals surface area contributed by atoms with Crippen molar-refractivity contribution in [3.63, 3.8) is 0 Å². The van der Waals surface area contributed by atoms with Gasteiger partial charge in [-0.05, 0) is 24.3 Å². The van der Waals surface area contributed by atoms with Crippen molar-refractivity contribution in [3.05, 3.63) is 47.5 Å². The maximum absolute atomic E-state index is 12.2. The first-order chi connectivity index (χ1) is 12.2. The van der Waals surface area contributed by atoms with Crippen molar-refractivity contribution in [2.24, 2.45) is 5.10 Å². The van der Waals surface area contributed by atoms with Crippen LogP contribution in [0, 0.1) is 0 Å². The first kappa shape index (κ1) is 18.1. The number of hydrogen-bond acceptors (Lipinski definition) is 6. The molecule has 0 radical (unpaired) electrons. The largest absolute Gasteiger partial charge is 0.496 e. The Morgan fingerprint density at radius 1 is 0.880 bits per heavy atom. The predicted octanol–water partition coefficient (Wildman–Crippen LogP) is 2.48. The van der Waals surface area contributed by atoms with Crippen LogP contribution in [-0.4, -0.2) is 40.6 Å². The van der Waals surface area contributed by atoms with E-state index in [1.807, 2.05) is 0 Å². The molecule has 25 heavy (non-hydrogen) atoms. The van der Waals surface area contributed by atoms with Crippen LogP contribution >= 0.6 is 0 Å². The number of nitrogens with one attached hydrogen (secondary N) is 1. The number of ether oxygens (including phenoxy) is 4. The summed E-state index contributed by atoms with van der Waals surface area (Å²) in [5, 5.41) is 3.98. The second-order valence-corrected chi connectivity index (χ2v) is 4.82. The molecule has 1 amide bonds. The Bertz CT molecular complexity index is 774. The number of para-hydroxylation sites is 1. The van der Waals surface area contributed by atoms with Crippen molar-refractivity contribution in [2.75, 3.05) is 28.4 Å². The highest BCUT2D eigenvalue weighted by Gasteiger charge is 2.15. The monoisotopic (exact) mass is 344 g/mol. The molecule has 7 nitrogen and oxygen atoms in total. The lowest BCUT2D eigenvalue weighted by Crippen LogP contribution is -2.18. The van der Waals surface area contributed by atoms with Crippen LogP contribution < -0.4 is 24.4 Å². The van der Waals surface area contributed by atoms with Gasteiger partial charge in [-0.3, -0.25) is 4.79 Å². The highest BCUT2D eigenvalue weighted by Crippen LogP contribution is 2.38. The Kier molecular flexibility index (Phi) is 6.22. The zero-order chi connectivity index (χ0) is 18.2. The van der Waals surface area contributed by atoms with Gasteiger partial charge >= 0.3 is 0 Å². The average molecular weight is 344 g/mol. The molecular formula is C18H20N2O5. The van der Waals surface area contributed by atoms with Gasteiger partial charge in [-0.2, -0.15) is 5.10 Å². The van der Waals surface area contributed by atoms with E-state index in [4.69, 9.17) is 18.9 Å². The Hall–Kier alpha value is -3.22. The van der Waals surface area contributed by atoms with E-state index in [2.05, 4.69) is 10.5 Å². The van der Waals surface area contributed by atoms with Crippen molar-refractivity contribution in [3.8, 4) is 23.0 Å². The van der Waals surface area contributed by atoms with Gasteiger partial charge in [-0.1, -0.05) is 12.1 Å². The summed E-state index contributed by atoms with van der Waals surface area (Å²) in [7, 11) is 6.08. The molecular weight excluding hydrogens is 324 g/mol. The zero-order valence-corrected chi connectivity index (χ0v) is 14.5. The quantitative estimate of drug-likeness (QED) is 0.617. The van der Waals surface area contributed by atoms with Gasteiger partial charge in [0.2, 0.25) is 5.75 Å². The maximum Gasteiger partial charge on any atom is 0.275 e. The summed E-state index contributed by atoms with van der Waals surface area (Å²) in [6.45, 7) is 0. The Labute approximate surface area is 146 Å². The predicted molar refractivity (Wildman–Crippen MR) is 94.2 cm³/mol. The van der Waals surface area contributed by atoms with Gasteiger partial charge in [0.25, 0.3) is 5.91 Å². The standard InChI is InChI=1S/C18H20N2O5/c1-22-14-8-6-5-7-13(14)18(21)20-19-11-12-9-10-15(23-2)17(25-4)16(12)24-3/h5-11H,1-4H3,(H,20,21)/b19-11+. The molecule has 1 N–H and O–H groups in total. The Morgan fingerprint density at radius 3 is 2.20 bits per heavy atom. The van der Waals surface area contributed by atoms with Gasteiger partial charge in [-0.15, -0.1) is 0 Å². The molecule has 0 bridgehead atoms. The van der Waals surface area contributed by atoms with E-state index in [1.165, 1.54) is 27.5 Å². The van der Waals surface area contributed by atoms with Gasteiger partial charge in [0, 0.05) is 5.56 Å². The second-order valence-electron chi connectivity index (χ2n) is 4.82. The molecule has 0 atom stereocenters. The zero-order valence-electron chi connectivity index (χ0n) is 14.5. The van der Waals surface area contributed by atoms with Gasteiger partial charge < -0.3 is 18.9 Å². The highest BCUT2D eigenvalue weighted by molar-refractivity contribution is 5.97. The van der Waals surface area contributed by atoms with E-state index in [0.717, 1.165) is 0 Å². The fourth-order valence-corrected chi connectivity index (χ4v) is 2.28. The van der Waals surface area contributed by atoms with E-state index >= 15 is 0 Å². The van der Waals surface area contributed by atoms with E-state index in [1.54, 1.807) is 43.5 Å². The van der Waals surface area contributed by atoms with Crippen molar-refractivity contribution >= 4 is 12.1 Å². The molecule has 2 aromatic carbocycles. The molecule has 0 fully saturated rings.